The zero-order valence-electron chi connectivity index (χ0n) is 16.8. The minimum atomic E-state index is -0.501. The number of nitrogens with zero attached hydrogens (tertiary/aromatic N) is 2. The highest BCUT2D eigenvalue weighted by molar-refractivity contribution is 6.30. The van der Waals surface area contributed by atoms with E-state index in [1.54, 1.807) is 4.90 Å². The summed E-state index contributed by atoms with van der Waals surface area (Å²) in [6.07, 6.45) is -0.448. The van der Waals surface area contributed by atoms with Crippen LogP contribution in [0.3, 0.4) is 0 Å². The van der Waals surface area contributed by atoms with Crippen LogP contribution in [-0.4, -0.2) is 43.3 Å². The van der Waals surface area contributed by atoms with Gasteiger partial charge in [-0.3, -0.25) is 0 Å². The lowest BCUT2D eigenvalue weighted by atomic mass is 10.1. The molecule has 150 valence electrons. The smallest absolute Gasteiger partial charge is 0.410 e. The van der Waals surface area contributed by atoms with Crippen molar-refractivity contribution >= 4 is 29.1 Å². The van der Waals surface area contributed by atoms with Gasteiger partial charge in [0.15, 0.2) is 0 Å². The Hall–Kier alpha value is -2.24. The van der Waals surface area contributed by atoms with Crippen molar-refractivity contribution in [1.29, 1.82) is 0 Å². The Morgan fingerprint density at radius 3 is 2.25 bits per heavy atom. The standard InChI is InChI=1S/C22H27ClN2O3/c1-22(2,3)28-21(26)25-13-14-27-20(15-25)16-5-9-18(10-6-16)24(4)19-11-7-17(23)8-12-19/h5-12,20H,13-15H2,1-4H3/t20-/m1/s1. The van der Waals surface area contributed by atoms with Gasteiger partial charge in [0.2, 0.25) is 0 Å². The maximum absolute atomic E-state index is 12.3. The molecule has 6 heteroatoms. The van der Waals surface area contributed by atoms with Crippen molar-refractivity contribution in [2.24, 2.45) is 0 Å². The summed E-state index contributed by atoms with van der Waals surface area (Å²) >= 11 is 5.97. The topological polar surface area (TPSA) is 42.0 Å². The summed E-state index contributed by atoms with van der Waals surface area (Å²) in [5.41, 5.74) is 2.66. The average Bonchev–Trinajstić information content (AvgIpc) is 2.67. The van der Waals surface area contributed by atoms with Crippen LogP contribution >= 0.6 is 11.6 Å². The van der Waals surface area contributed by atoms with E-state index in [1.165, 1.54) is 0 Å². The minimum absolute atomic E-state index is 0.156. The fourth-order valence-corrected chi connectivity index (χ4v) is 3.20. The van der Waals surface area contributed by atoms with Gasteiger partial charge in [-0.1, -0.05) is 23.7 Å². The van der Waals surface area contributed by atoms with E-state index in [2.05, 4.69) is 17.0 Å². The maximum atomic E-state index is 12.3. The fraction of sp³-hybridized carbons (Fsp3) is 0.409. The zero-order chi connectivity index (χ0) is 20.3. The zero-order valence-corrected chi connectivity index (χ0v) is 17.6. The average molecular weight is 403 g/mol. The van der Waals surface area contributed by atoms with E-state index in [1.807, 2.05) is 64.2 Å². The fourth-order valence-electron chi connectivity index (χ4n) is 3.07. The Kier molecular flexibility index (Phi) is 6.16. The Morgan fingerprint density at radius 1 is 1.11 bits per heavy atom. The van der Waals surface area contributed by atoms with Gasteiger partial charge in [0, 0.05) is 30.0 Å². The third kappa shape index (κ3) is 5.18. The largest absolute Gasteiger partial charge is 0.444 e. The normalized spacial score (nSPS) is 17.3. The lowest BCUT2D eigenvalue weighted by Crippen LogP contribution is -2.44. The highest BCUT2D eigenvalue weighted by Gasteiger charge is 2.28. The molecular formula is C22H27ClN2O3. The second kappa shape index (κ2) is 8.41. The molecule has 1 fully saturated rings. The van der Waals surface area contributed by atoms with Gasteiger partial charge >= 0.3 is 6.09 Å². The second-order valence-corrected chi connectivity index (χ2v) is 8.35. The summed E-state index contributed by atoms with van der Waals surface area (Å²) in [5.74, 6) is 0. The summed E-state index contributed by atoms with van der Waals surface area (Å²) < 4.78 is 11.4. The SMILES string of the molecule is CN(c1ccc(Cl)cc1)c1ccc([C@H]2CN(C(=O)OC(C)(C)C)CCO2)cc1. The van der Waals surface area contributed by atoms with E-state index in [0.29, 0.717) is 19.7 Å². The molecule has 0 saturated carbocycles. The van der Waals surface area contributed by atoms with Crippen molar-refractivity contribution in [3.05, 3.63) is 59.1 Å². The Bertz CT molecular complexity index is 800. The minimum Gasteiger partial charge on any atom is -0.444 e. The number of benzene rings is 2. The molecule has 28 heavy (non-hydrogen) atoms. The quantitative estimate of drug-likeness (QED) is 0.687. The van der Waals surface area contributed by atoms with Crippen LogP contribution in [0.15, 0.2) is 48.5 Å². The van der Waals surface area contributed by atoms with Crippen molar-refractivity contribution in [3.8, 4) is 0 Å². The molecule has 1 aliphatic rings. The van der Waals surface area contributed by atoms with Crippen LogP contribution in [0.5, 0.6) is 0 Å². The molecule has 0 unspecified atom stereocenters. The van der Waals surface area contributed by atoms with Gasteiger partial charge in [0.1, 0.15) is 11.7 Å². The first kappa shape index (κ1) is 20.5. The molecule has 1 atom stereocenters. The molecule has 1 aliphatic heterocycles. The molecule has 2 aromatic rings. The number of hydrogen-bond acceptors (Lipinski definition) is 4. The lowest BCUT2D eigenvalue weighted by Gasteiger charge is -2.34. The Balaban J connectivity index is 1.67. The summed E-state index contributed by atoms with van der Waals surface area (Å²) in [6, 6.07) is 15.9. The van der Waals surface area contributed by atoms with Crippen LogP contribution in [0.4, 0.5) is 16.2 Å². The van der Waals surface area contributed by atoms with E-state index in [0.717, 1.165) is 22.0 Å². The number of anilines is 2. The van der Waals surface area contributed by atoms with Gasteiger partial charge in [0.25, 0.3) is 0 Å². The molecule has 0 spiro atoms. The lowest BCUT2D eigenvalue weighted by molar-refractivity contribution is -0.0432. The third-order valence-corrected chi connectivity index (χ3v) is 4.84. The van der Waals surface area contributed by atoms with Crippen LogP contribution < -0.4 is 4.90 Å². The van der Waals surface area contributed by atoms with E-state index in [-0.39, 0.29) is 12.2 Å². The molecule has 0 aliphatic carbocycles. The number of hydrogen-bond donors (Lipinski definition) is 0. The number of amides is 1. The van der Waals surface area contributed by atoms with Crippen molar-refractivity contribution < 1.29 is 14.3 Å². The summed E-state index contributed by atoms with van der Waals surface area (Å²) in [4.78, 5) is 16.2. The second-order valence-electron chi connectivity index (χ2n) is 7.91. The maximum Gasteiger partial charge on any atom is 0.410 e. The molecule has 3 rings (SSSR count). The van der Waals surface area contributed by atoms with Crippen molar-refractivity contribution in [2.75, 3.05) is 31.6 Å². The number of morpholine rings is 1. The molecule has 2 aromatic carbocycles. The van der Waals surface area contributed by atoms with E-state index < -0.39 is 5.60 Å². The van der Waals surface area contributed by atoms with Crippen LogP contribution in [0.25, 0.3) is 0 Å². The van der Waals surface area contributed by atoms with Crippen molar-refractivity contribution in [3.63, 3.8) is 0 Å². The van der Waals surface area contributed by atoms with E-state index in [9.17, 15) is 4.79 Å². The molecule has 0 radical (unpaired) electrons. The number of carbonyl (C=O) groups excluding carboxylic acids is 1. The number of carbonyl (C=O) groups is 1. The van der Waals surface area contributed by atoms with Gasteiger partial charge in [-0.15, -0.1) is 0 Å². The van der Waals surface area contributed by atoms with Crippen LogP contribution in [0.2, 0.25) is 5.02 Å². The Labute approximate surface area is 171 Å². The van der Waals surface area contributed by atoms with Crippen LogP contribution in [0, 0.1) is 0 Å². The van der Waals surface area contributed by atoms with Gasteiger partial charge < -0.3 is 19.3 Å². The van der Waals surface area contributed by atoms with Crippen LogP contribution in [-0.2, 0) is 9.47 Å². The first-order chi connectivity index (χ1) is 13.2. The number of rotatable bonds is 3. The molecule has 0 bridgehead atoms. The van der Waals surface area contributed by atoms with Crippen molar-refractivity contribution in [2.45, 2.75) is 32.5 Å². The molecule has 0 N–H and O–H groups in total. The summed E-state index contributed by atoms with van der Waals surface area (Å²) in [6.45, 7) is 7.15. The Morgan fingerprint density at radius 2 is 1.68 bits per heavy atom. The molecule has 1 saturated heterocycles. The van der Waals surface area contributed by atoms with Gasteiger partial charge in [-0.05, 0) is 62.7 Å². The molecular weight excluding hydrogens is 376 g/mol. The number of ether oxygens (including phenoxy) is 2. The van der Waals surface area contributed by atoms with E-state index >= 15 is 0 Å². The highest BCUT2D eigenvalue weighted by atomic mass is 35.5. The van der Waals surface area contributed by atoms with Gasteiger partial charge in [0.05, 0.1) is 13.2 Å². The van der Waals surface area contributed by atoms with E-state index in [4.69, 9.17) is 21.1 Å². The highest BCUT2D eigenvalue weighted by Crippen LogP contribution is 2.28. The number of halogens is 1. The molecule has 5 nitrogen and oxygen atoms in total. The summed E-state index contributed by atoms with van der Waals surface area (Å²) in [5, 5.41) is 0.719. The predicted molar refractivity (Wildman–Crippen MR) is 112 cm³/mol. The molecule has 1 heterocycles. The van der Waals surface area contributed by atoms with Crippen LogP contribution in [0.1, 0.15) is 32.4 Å². The van der Waals surface area contributed by atoms with Crippen molar-refractivity contribution in [1.82, 2.24) is 4.90 Å². The molecule has 1 amide bonds. The first-order valence-electron chi connectivity index (χ1n) is 9.42. The summed E-state index contributed by atoms with van der Waals surface area (Å²) in [7, 11) is 2.01. The van der Waals surface area contributed by atoms with Gasteiger partial charge in [-0.2, -0.15) is 0 Å². The monoisotopic (exact) mass is 402 g/mol. The molecule has 0 aromatic heterocycles. The van der Waals surface area contributed by atoms with Gasteiger partial charge in [-0.25, -0.2) is 4.79 Å². The predicted octanol–water partition coefficient (Wildman–Crippen LogP) is 5.42. The first-order valence-corrected chi connectivity index (χ1v) is 9.79. The third-order valence-electron chi connectivity index (χ3n) is 4.58.